The van der Waals surface area contributed by atoms with E-state index >= 15 is 0 Å². The predicted molar refractivity (Wildman–Crippen MR) is 230 cm³/mol. The van der Waals surface area contributed by atoms with Crippen LogP contribution in [0.3, 0.4) is 0 Å². The molecule has 0 saturated heterocycles. The third-order valence-electron chi connectivity index (χ3n) is 11.9. The number of nitrogens with one attached hydrogen (secondary N) is 1. The van der Waals surface area contributed by atoms with Crippen LogP contribution >= 0.6 is 0 Å². The Morgan fingerprint density at radius 2 is 1.11 bits per heavy atom. The lowest BCUT2D eigenvalue weighted by molar-refractivity contribution is 0.535. The van der Waals surface area contributed by atoms with Gasteiger partial charge in [0.2, 0.25) is 0 Å². The van der Waals surface area contributed by atoms with Crippen LogP contribution in [0.4, 0.5) is 0 Å². The first-order valence-electron chi connectivity index (χ1n) is 19.4. The van der Waals surface area contributed by atoms with Gasteiger partial charge in [0.15, 0.2) is 5.42 Å². The van der Waals surface area contributed by atoms with Crippen LogP contribution in [0.15, 0.2) is 191 Å². The predicted octanol–water partition coefficient (Wildman–Crippen LogP) is 12.0. The van der Waals surface area contributed by atoms with Gasteiger partial charge in [-0.2, -0.15) is 0 Å². The Morgan fingerprint density at radius 1 is 0.500 bits per heavy atom. The van der Waals surface area contributed by atoms with Gasteiger partial charge in [-0.25, -0.2) is 0 Å². The molecule has 0 radical (unpaired) electrons. The zero-order valence-corrected chi connectivity index (χ0v) is 31.3. The van der Waals surface area contributed by atoms with E-state index in [0.717, 1.165) is 38.6 Å². The van der Waals surface area contributed by atoms with Crippen molar-refractivity contribution in [2.75, 3.05) is 0 Å². The van der Waals surface area contributed by atoms with E-state index in [1.54, 1.807) is 0 Å². The van der Waals surface area contributed by atoms with Gasteiger partial charge in [-0.05, 0) is 114 Å². The maximum Gasteiger partial charge on any atom is 0.177 e. The van der Waals surface area contributed by atoms with Crippen LogP contribution in [-0.2, 0) is 5.41 Å². The number of benzene rings is 8. The molecule has 11 rings (SSSR count). The molecule has 1 atom stereocenters. The number of rotatable bonds is 5. The van der Waals surface area contributed by atoms with Gasteiger partial charge < -0.3 is 9.73 Å². The number of furan rings is 1. The fraction of sp³-hybridized carbons (Fsp3) is 0.0755. The average Bonchev–Trinajstić information content (AvgIpc) is 3.74. The van der Waals surface area contributed by atoms with Crippen LogP contribution in [-0.4, -0.2) is 0 Å². The minimum atomic E-state index is -0.270. The molecule has 266 valence electrons. The molecule has 3 heteroatoms. The van der Waals surface area contributed by atoms with Gasteiger partial charge in [0, 0.05) is 16.4 Å². The molecule has 0 bridgehead atoms. The zero-order valence-electron chi connectivity index (χ0n) is 31.3. The molecule has 2 heterocycles. The second-order valence-corrected chi connectivity index (χ2v) is 15.5. The third-order valence-corrected chi connectivity index (χ3v) is 11.9. The van der Waals surface area contributed by atoms with Crippen LogP contribution in [0.5, 0.6) is 0 Å². The van der Waals surface area contributed by atoms with Crippen molar-refractivity contribution in [2.24, 2.45) is 4.99 Å². The van der Waals surface area contributed by atoms with Gasteiger partial charge in [0.05, 0.1) is 5.70 Å². The Bertz CT molecular complexity index is 3070. The molecule has 2 aliphatic rings. The summed E-state index contributed by atoms with van der Waals surface area (Å²) in [6, 6.07) is 65.6. The van der Waals surface area contributed by atoms with E-state index < -0.39 is 0 Å². The van der Waals surface area contributed by atoms with Crippen molar-refractivity contribution in [3.8, 4) is 44.5 Å². The molecular weight excluding hydrogens is 681 g/mol. The molecule has 9 aromatic rings. The van der Waals surface area contributed by atoms with Crippen molar-refractivity contribution in [2.45, 2.75) is 25.4 Å². The summed E-state index contributed by atoms with van der Waals surface area (Å²) in [5.41, 5.74) is 17.0. The zero-order chi connectivity index (χ0) is 37.4. The lowest BCUT2D eigenvalue weighted by Gasteiger charge is -2.24. The summed E-state index contributed by atoms with van der Waals surface area (Å²) in [7, 11) is 0. The summed E-state index contributed by atoms with van der Waals surface area (Å²) >= 11 is 0. The maximum atomic E-state index is 6.61. The Morgan fingerprint density at radius 3 is 1.82 bits per heavy atom. The minimum absolute atomic E-state index is 0.245. The molecule has 8 aromatic carbocycles. The first kappa shape index (κ1) is 32.5. The van der Waals surface area contributed by atoms with Gasteiger partial charge in [-0.1, -0.05) is 153 Å². The van der Waals surface area contributed by atoms with Crippen LogP contribution < -0.4 is 16.1 Å². The summed E-state index contributed by atoms with van der Waals surface area (Å²) in [5.74, 6) is 0. The third kappa shape index (κ3) is 5.08. The largest absolute Gasteiger partial charge is 0.452 e. The first-order valence-corrected chi connectivity index (χ1v) is 19.4. The van der Waals surface area contributed by atoms with E-state index in [0.29, 0.717) is 0 Å². The second-order valence-electron chi connectivity index (χ2n) is 15.5. The van der Waals surface area contributed by atoms with Crippen molar-refractivity contribution < 1.29 is 4.42 Å². The Balaban J connectivity index is 1.15. The first-order chi connectivity index (χ1) is 27.5. The Hall–Kier alpha value is -6.97. The highest BCUT2D eigenvalue weighted by molar-refractivity contribution is 6.09. The number of fused-ring (bicyclic) bond motifs is 7. The van der Waals surface area contributed by atoms with Crippen LogP contribution in [0, 0.1) is 0 Å². The number of hydrogen-bond donors (Lipinski definition) is 1. The topological polar surface area (TPSA) is 37.5 Å². The molecule has 0 amide bonds. The Labute approximate surface area is 326 Å². The smallest absolute Gasteiger partial charge is 0.177 e. The summed E-state index contributed by atoms with van der Waals surface area (Å²) in [5, 5.41) is 8.23. The van der Waals surface area contributed by atoms with Crippen LogP contribution in [0.1, 0.15) is 42.3 Å². The van der Waals surface area contributed by atoms with E-state index in [4.69, 9.17) is 9.41 Å². The van der Waals surface area contributed by atoms with Crippen molar-refractivity contribution in [1.82, 2.24) is 5.32 Å². The summed E-state index contributed by atoms with van der Waals surface area (Å²) in [4.78, 5) is 5.22. The van der Waals surface area contributed by atoms with Crippen LogP contribution in [0.2, 0.25) is 0 Å². The lowest BCUT2D eigenvalue weighted by Crippen LogP contribution is -2.38. The Kier molecular flexibility index (Phi) is 7.27. The van der Waals surface area contributed by atoms with Gasteiger partial charge in [0.1, 0.15) is 17.1 Å². The fourth-order valence-electron chi connectivity index (χ4n) is 9.07. The average molecular weight is 719 g/mol. The molecule has 0 saturated carbocycles. The van der Waals surface area contributed by atoms with Gasteiger partial charge >= 0.3 is 0 Å². The van der Waals surface area contributed by atoms with Gasteiger partial charge in [0.25, 0.3) is 0 Å². The van der Waals surface area contributed by atoms with Crippen molar-refractivity contribution >= 4 is 27.4 Å². The van der Waals surface area contributed by atoms with E-state index in [1.807, 2.05) is 18.2 Å². The molecule has 0 fully saturated rings. The molecule has 1 aliphatic carbocycles. The highest BCUT2D eigenvalue weighted by atomic mass is 16.3. The SMILES string of the molecule is CC1(C)c2cc(C3=c4oc5ccccc5c4=NC(c4ccccc4)N3)ccc2-c2c1cc1ccccc1c2-c1cc(-c2ccccc2)cc(-c2ccccc2)c1. The van der Waals surface area contributed by atoms with Gasteiger partial charge in [-0.3, -0.25) is 4.99 Å². The molecule has 0 spiro atoms. The number of nitrogens with zero attached hydrogens (tertiary/aromatic N) is 1. The van der Waals surface area contributed by atoms with Crippen molar-refractivity contribution in [3.63, 3.8) is 0 Å². The van der Waals surface area contributed by atoms with Crippen molar-refractivity contribution in [3.05, 3.63) is 215 Å². The molecule has 3 nitrogen and oxygen atoms in total. The van der Waals surface area contributed by atoms with Gasteiger partial charge in [-0.15, -0.1) is 0 Å². The molecule has 56 heavy (non-hydrogen) atoms. The molecular formula is C53H38N2O. The summed E-state index contributed by atoms with van der Waals surface area (Å²) < 4.78 is 6.61. The van der Waals surface area contributed by atoms with E-state index in [9.17, 15) is 0 Å². The second kappa shape index (κ2) is 12.5. The molecule has 1 unspecified atom stereocenters. The quantitative estimate of drug-likeness (QED) is 0.192. The molecule has 1 aliphatic heterocycles. The van der Waals surface area contributed by atoms with E-state index in [1.165, 1.54) is 66.4 Å². The summed E-state index contributed by atoms with van der Waals surface area (Å²) in [6.07, 6.45) is -0.245. The van der Waals surface area contributed by atoms with Crippen LogP contribution in [0.25, 0.3) is 71.9 Å². The highest BCUT2D eigenvalue weighted by Crippen LogP contribution is 2.55. The normalized spacial score (nSPS) is 15.2. The minimum Gasteiger partial charge on any atom is -0.452 e. The van der Waals surface area contributed by atoms with E-state index in [2.05, 4.69) is 183 Å². The lowest BCUT2D eigenvalue weighted by atomic mass is 9.80. The van der Waals surface area contributed by atoms with Crippen molar-refractivity contribution in [1.29, 1.82) is 0 Å². The fourth-order valence-corrected chi connectivity index (χ4v) is 9.07. The summed E-state index contributed by atoms with van der Waals surface area (Å²) in [6.45, 7) is 4.76. The molecule has 1 N–H and O–H groups in total. The number of hydrogen-bond acceptors (Lipinski definition) is 3. The number of para-hydroxylation sites is 1. The molecule has 1 aromatic heterocycles. The standard InChI is InChI=1S/C53H38N2O/c1-53(2)44-32-37(49-51-50(43-24-14-15-25-46(43)56-51)55-52(54-49)35-20-10-5-11-21-35)26-27-42(44)48-45(53)31-36-22-12-13-23-41(36)47(48)40-29-38(33-16-6-3-7-17-33)28-39(30-40)34-18-8-4-9-19-34/h3-32,52,54H,1-2H3. The van der Waals surface area contributed by atoms with E-state index in [-0.39, 0.29) is 11.6 Å². The highest BCUT2D eigenvalue weighted by Gasteiger charge is 2.39. The maximum absolute atomic E-state index is 6.61. The monoisotopic (exact) mass is 718 g/mol.